The van der Waals surface area contributed by atoms with Crippen LogP contribution in [0.1, 0.15) is 17.3 Å². The average molecular weight is 185 g/mol. The molecule has 0 fully saturated rings. The molecule has 70 valence electrons. The fourth-order valence-electron chi connectivity index (χ4n) is 0.832. The predicted octanol–water partition coefficient (Wildman–Crippen LogP) is 1.32. The Morgan fingerprint density at radius 2 is 2.46 bits per heavy atom. The molecule has 1 rings (SSSR count). The van der Waals surface area contributed by atoms with E-state index >= 15 is 0 Å². The van der Waals surface area contributed by atoms with E-state index in [9.17, 15) is 9.18 Å². The van der Waals surface area contributed by atoms with Crippen LogP contribution in [0.3, 0.4) is 0 Å². The Hall–Kier alpha value is -1.65. The van der Waals surface area contributed by atoms with Crippen LogP contribution < -0.4 is 4.74 Å². The molecule has 0 amide bonds. The molecule has 5 heteroatoms. The Bertz CT molecular complexity index is 327. The maximum absolute atomic E-state index is 12.6. The summed E-state index contributed by atoms with van der Waals surface area (Å²) in [6.07, 6.45) is 0.914. The van der Waals surface area contributed by atoms with E-state index in [1.165, 1.54) is 0 Å². The second kappa shape index (κ2) is 3.84. The van der Waals surface area contributed by atoms with Crippen molar-refractivity contribution in [3.63, 3.8) is 0 Å². The number of carbonyl (C=O) groups is 1. The van der Waals surface area contributed by atoms with Crippen molar-refractivity contribution < 1.29 is 19.0 Å². The van der Waals surface area contributed by atoms with Gasteiger partial charge in [-0.15, -0.1) is 0 Å². The molecule has 0 saturated heterocycles. The zero-order valence-electron chi connectivity index (χ0n) is 6.95. The molecule has 0 radical (unpaired) electrons. The molecule has 0 saturated carbocycles. The van der Waals surface area contributed by atoms with Crippen molar-refractivity contribution in [2.75, 3.05) is 6.61 Å². The molecular weight excluding hydrogens is 177 g/mol. The van der Waals surface area contributed by atoms with E-state index in [1.54, 1.807) is 6.92 Å². The minimum Gasteiger partial charge on any atom is -0.477 e. The highest BCUT2D eigenvalue weighted by Crippen LogP contribution is 2.15. The second-order valence-corrected chi connectivity index (χ2v) is 2.24. The molecule has 0 aliphatic rings. The molecule has 0 atom stereocenters. The van der Waals surface area contributed by atoms with Gasteiger partial charge in [0.15, 0.2) is 0 Å². The van der Waals surface area contributed by atoms with Crippen molar-refractivity contribution in [1.82, 2.24) is 4.98 Å². The first-order chi connectivity index (χ1) is 6.15. The van der Waals surface area contributed by atoms with Gasteiger partial charge < -0.3 is 9.84 Å². The van der Waals surface area contributed by atoms with Gasteiger partial charge >= 0.3 is 5.97 Å². The fraction of sp³-hybridized carbons (Fsp3) is 0.250. The van der Waals surface area contributed by atoms with Gasteiger partial charge in [0, 0.05) is 0 Å². The number of nitrogens with zero attached hydrogens (tertiary/aromatic N) is 1. The Balaban J connectivity index is 3.10. The SMILES string of the molecule is CCOc1ncc(F)cc1C(=O)O. The number of halogens is 1. The van der Waals surface area contributed by atoms with E-state index in [4.69, 9.17) is 9.84 Å². The summed E-state index contributed by atoms with van der Waals surface area (Å²) in [6, 6.07) is 0.875. The van der Waals surface area contributed by atoms with Crippen molar-refractivity contribution in [2.45, 2.75) is 6.92 Å². The third-order valence-corrected chi connectivity index (χ3v) is 1.33. The molecule has 13 heavy (non-hydrogen) atoms. The highest BCUT2D eigenvalue weighted by atomic mass is 19.1. The Morgan fingerprint density at radius 1 is 1.77 bits per heavy atom. The summed E-state index contributed by atoms with van der Waals surface area (Å²) in [6.45, 7) is 1.98. The van der Waals surface area contributed by atoms with Gasteiger partial charge in [-0.05, 0) is 13.0 Å². The number of carboxylic acids is 1. The zero-order valence-corrected chi connectivity index (χ0v) is 6.95. The number of carboxylic acid groups (broad SMARTS) is 1. The summed E-state index contributed by atoms with van der Waals surface area (Å²) in [7, 11) is 0. The topological polar surface area (TPSA) is 59.4 Å². The summed E-state index contributed by atoms with van der Waals surface area (Å²) >= 11 is 0. The largest absolute Gasteiger partial charge is 0.477 e. The van der Waals surface area contributed by atoms with Crippen LogP contribution in [0.25, 0.3) is 0 Å². The highest BCUT2D eigenvalue weighted by Gasteiger charge is 2.13. The van der Waals surface area contributed by atoms with E-state index < -0.39 is 11.8 Å². The van der Waals surface area contributed by atoms with Crippen molar-refractivity contribution in [3.8, 4) is 5.88 Å². The van der Waals surface area contributed by atoms with Gasteiger partial charge in [0.2, 0.25) is 5.88 Å². The maximum Gasteiger partial charge on any atom is 0.341 e. The number of aromatic carboxylic acids is 1. The monoisotopic (exact) mass is 185 g/mol. The molecule has 0 aliphatic heterocycles. The Labute approximate surface area is 74.0 Å². The smallest absolute Gasteiger partial charge is 0.341 e. The minimum atomic E-state index is -1.25. The maximum atomic E-state index is 12.6. The number of hydrogen-bond acceptors (Lipinski definition) is 3. The molecule has 0 aliphatic carbocycles. The van der Waals surface area contributed by atoms with Crippen molar-refractivity contribution in [3.05, 3.63) is 23.6 Å². The van der Waals surface area contributed by atoms with Gasteiger partial charge in [0.1, 0.15) is 11.4 Å². The van der Waals surface area contributed by atoms with Gasteiger partial charge in [-0.25, -0.2) is 14.2 Å². The van der Waals surface area contributed by atoms with Crippen LogP contribution in [0.5, 0.6) is 5.88 Å². The summed E-state index contributed by atoms with van der Waals surface area (Å²) < 4.78 is 17.5. The summed E-state index contributed by atoms with van der Waals surface area (Å²) in [5.74, 6) is -2.01. The third kappa shape index (κ3) is 2.14. The van der Waals surface area contributed by atoms with Crippen molar-refractivity contribution >= 4 is 5.97 Å². The summed E-state index contributed by atoms with van der Waals surface area (Å²) in [4.78, 5) is 14.1. The number of hydrogen-bond donors (Lipinski definition) is 1. The van der Waals surface area contributed by atoms with E-state index in [2.05, 4.69) is 4.98 Å². The normalized spacial score (nSPS) is 9.69. The van der Waals surface area contributed by atoms with E-state index in [-0.39, 0.29) is 11.4 Å². The molecule has 0 aromatic carbocycles. The van der Waals surface area contributed by atoms with Crippen LogP contribution in [-0.4, -0.2) is 22.7 Å². The molecule has 0 unspecified atom stereocenters. The number of aromatic nitrogens is 1. The first-order valence-electron chi connectivity index (χ1n) is 3.66. The van der Waals surface area contributed by atoms with Crippen molar-refractivity contribution in [2.24, 2.45) is 0 Å². The Morgan fingerprint density at radius 3 is 3.00 bits per heavy atom. The quantitative estimate of drug-likeness (QED) is 0.771. The van der Waals surface area contributed by atoms with Crippen molar-refractivity contribution in [1.29, 1.82) is 0 Å². The third-order valence-electron chi connectivity index (χ3n) is 1.33. The van der Waals surface area contributed by atoms with Gasteiger partial charge in [-0.2, -0.15) is 0 Å². The van der Waals surface area contributed by atoms with E-state index in [1.807, 2.05) is 0 Å². The van der Waals surface area contributed by atoms with Gasteiger partial charge in [0.25, 0.3) is 0 Å². The summed E-state index contributed by atoms with van der Waals surface area (Å²) in [5.41, 5.74) is -0.262. The zero-order chi connectivity index (χ0) is 9.84. The number of ether oxygens (including phenoxy) is 1. The lowest BCUT2D eigenvalue weighted by molar-refractivity contribution is 0.0691. The lowest BCUT2D eigenvalue weighted by atomic mass is 10.3. The predicted molar refractivity (Wildman–Crippen MR) is 42.3 cm³/mol. The van der Waals surface area contributed by atoms with Gasteiger partial charge in [-0.3, -0.25) is 0 Å². The average Bonchev–Trinajstić information content (AvgIpc) is 2.08. The molecule has 1 aromatic heterocycles. The lowest BCUT2D eigenvalue weighted by Crippen LogP contribution is -2.05. The van der Waals surface area contributed by atoms with Crippen LogP contribution in [0.15, 0.2) is 12.3 Å². The van der Waals surface area contributed by atoms with Crippen LogP contribution in [0.2, 0.25) is 0 Å². The Kier molecular flexibility index (Phi) is 2.79. The van der Waals surface area contributed by atoms with Gasteiger partial charge in [-0.1, -0.05) is 0 Å². The van der Waals surface area contributed by atoms with E-state index in [0.29, 0.717) is 6.61 Å². The highest BCUT2D eigenvalue weighted by molar-refractivity contribution is 5.90. The molecule has 4 nitrogen and oxygen atoms in total. The minimum absolute atomic E-state index is 0.0589. The second-order valence-electron chi connectivity index (χ2n) is 2.24. The van der Waals surface area contributed by atoms with Crippen LogP contribution in [-0.2, 0) is 0 Å². The molecule has 1 aromatic rings. The fourth-order valence-corrected chi connectivity index (χ4v) is 0.832. The standard InChI is InChI=1S/C8H8FNO3/c1-2-13-7-6(8(11)12)3-5(9)4-10-7/h3-4H,2H2,1H3,(H,11,12). The molecule has 0 bridgehead atoms. The van der Waals surface area contributed by atoms with Gasteiger partial charge in [0.05, 0.1) is 12.8 Å². The lowest BCUT2D eigenvalue weighted by Gasteiger charge is -2.04. The number of rotatable bonds is 3. The van der Waals surface area contributed by atoms with Crippen LogP contribution in [0.4, 0.5) is 4.39 Å². The number of pyridine rings is 1. The molecule has 1 N–H and O–H groups in total. The molecule has 0 spiro atoms. The van der Waals surface area contributed by atoms with Crippen LogP contribution >= 0.6 is 0 Å². The first kappa shape index (κ1) is 9.44. The van der Waals surface area contributed by atoms with Crippen LogP contribution in [0, 0.1) is 5.82 Å². The van der Waals surface area contributed by atoms with E-state index in [0.717, 1.165) is 12.3 Å². The molecular formula is C8H8FNO3. The molecule has 1 heterocycles. The summed E-state index contributed by atoms with van der Waals surface area (Å²) in [5, 5.41) is 8.63. The first-order valence-corrected chi connectivity index (χ1v) is 3.66.